The Hall–Kier alpha value is -2.71. The van der Waals surface area contributed by atoms with Gasteiger partial charge in [0.1, 0.15) is 6.33 Å². The van der Waals surface area contributed by atoms with Gasteiger partial charge in [-0.3, -0.25) is 14.9 Å². The van der Waals surface area contributed by atoms with Crippen LogP contribution in [0.2, 0.25) is 5.02 Å². The van der Waals surface area contributed by atoms with Crippen LogP contribution in [-0.2, 0) is 16.1 Å². The first-order chi connectivity index (χ1) is 14.0. The largest absolute Gasteiger partial charge is 0.312 e. The van der Waals surface area contributed by atoms with E-state index in [0.717, 1.165) is 10.0 Å². The Balaban J connectivity index is 1.38. The molecule has 1 saturated heterocycles. The minimum Gasteiger partial charge on any atom is -0.312 e. The molecule has 1 aromatic heterocycles. The number of nitrogens with one attached hydrogen (secondary N) is 1. The minimum atomic E-state index is -0.472. The molecule has 9 heteroatoms. The lowest BCUT2D eigenvalue weighted by atomic mass is 10.1. The molecule has 1 unspecified atom stereocenters. The van der Waals surface area contributed by atoms with Crippen LogP contribution in [0.15, 0.2) is 59.3 Å². The number of benzene rings is 2. The molecule has 1 fully saturated rings. The van der Waals surface area contributed by atoms with E-state index in [2.05, 4.69) is 31.3 Å². The number of hydrogen-bond donors (Lipinski definition) is 1. The lowest BCUT2D eigenvalue weighted by molar-refractivity contribution is -0.122. The molecule has 2 heterocycles. The lowest BCUT2D eigenvalue weighted by Gasteiger charge is -2.16. The fourth-order valence-corrected chi connectivity index (χ4v) is 3.64. The van der Waals surface area contributed by atoms with Gasteiger partial charge < -0.3 is 4.90 Å². The van der Waals surface area contributed by atoms with Crippen molar-refractivity contribution in [2.45, 2.75) is 13.0 Å². The Morgan fingerprint density at radius 3 is 2.79 bits per heavy atom. The van der Waals surface area contributed by atoms with Crippen LogP contribution in [-0.4, -0.2) is 33.1 Å². The summed E-state index contributed by atoms with van der Waals surface area (Å²) in [4.78, 5) is 30.7. The monoisotopic (exact) mass is 473 g/mol. The number of halogens is 2. The van der Waals surface area contributed by atoms with Crippen LogP contribution in [0.25, 0.3) is 0 Å². The van der Waals surface area contributed by atoms with Crippen LogP contribution in [0.3, 0.4) is 0 Å². The average molecular weight is 475 g/mol. The normalized spacial score (nSPS) is 16.3. The van der Waals surface area contributed by atoms with Gasteiger partial charge in [0.2, 0.25) is 17.8 Å². The molecule has 0 spiro atoms. The molecule has 0 radical (unpaired) electrons. The molecule has 1 atom stereocenters. The maximum atomic E-state index is 12.6. The van der Waals surface area contributed by atoms with Gasteiger partial charge in [-0.15, -0.1) is 5.10 Å². The van der Waals surface area contributed by atoms with Crippen molar-refractivity contribution in [2.75, 3.05) is 16.8 Å². The Morgan fingerprint density at radius 1 is 1.24 bits per heavy atom. The molecule has 0 bridgehead atoms. The molecule has 2 aromatic carbocycles. The van der Waals surface area contributed by atoms with Gasteiger partial charge in [0, 0.05) is 28.1 Å². The summed E-state index contributed by atoms with van der Waals surface area (Å²) in [5.41, 5.74) is 1.75. The zero-order valence-corrected chi connectivity index (χ0v) is 17.6. The van der Waals surface area contributed by atoms with E-state index < -0.39 is 5.92 Å². The molecule has 4 rings (SSSR count). The quantitative estimate of drug-likeness (QED) is 0.611. The summed E-state index contributed by atoms with van der Waals surface area (Å²) < 4.78 is 2.66. The fourth-order valence-electron chi connectivity index (χ4n) is 3.19. The van der Waals surface area contributed by atoms with E-state index in [4.69, 9.17) is 11.6 Å². The second-order valence-electron chi connectivity index (χ2n) is 6.77. The van der Waals surface area contributed by atoms with Crippen molar-refractivity contribution in [3.05, 3.63) is 69.9 Å². The van der Waals surface area contributed by atoms with E-state index in [1.165, 1.54) is 0 Å². The van der Waals surface area contributed by atoms with E-state index in [1.54, 1.807) is 40.2 Å². The van der Waals surface area contributed by atoms with Gasteiger partial charge in [-0.1, -0.05) is 45.7 Å². The Kier molecular flexibility index (Phi) is 5.64. The summed E-state index contributed by atoms with van der Waals surface area (Å²) in [6.07, 6.45) is 1.70. The second-order valence-corrected chi connectivity index (χ2v) is 8.12. The van der Waals surface area contributed by atoms with Gasteiger partial charge in [0.25, 0.3) is 0 Å². The van der Waals surface area contributed by atoms with Crippen LogP contribution < -0.4 is 10.2 Å². The van der Waals surface area contributed by atoms with E-state index in [0.29, 0.717) is 23.8 Å². The topological polar surface area (TPSA) is 80.1 Å². The summed E-state index contributed by atoms with van der Waals surface area (Å²) in [6.45, 7) is 0.839. The summed E-state index contributed by atoms with van der Waals surface area (Å²) >= 11 is 9.41. The van der Waals surface area contributed by atoms with Crippen molar-refractivity contribution in [3.63, 3.8) is 0 Å². The smallest absolute Gasteiger partial charge is 0.248 e. The van der Waals surface area contributed by atoms with Gasteiger partial charge in [0.05, 0.1) is 12.5 Å². The SMILES string of the molecule is O=C(Nc1ncn(Cc2ccc(Br)cc2)n1)C1CC(=O)N(c2cccc(Cl)c2)C1. The van der Waals surface area contributed by atoms with Crippen LogP contribution in [0.4, 0.5) is 11.6 Å². The van der Waals surface area contributed by atoms with Crippen LogP contribution in [0, 0.1) is 5.92 Å². The molecule has 1 N–H and O–H groups in total. The molecular weight excluding hydrogens is 458 g/mol. The Bertz CT molecular complexity index is 1050. The molecule has 0 saturated carbocycles. The number of anilines is 2. The van der Waals surface area contributed by atoms with Gasteiger partial charge in [-0.05, 0) is 35.9 Å². The van der Waals surface area contributed by atoms with Gasteiger partial charge in [-0.2, -0.15) is 0 Å². The minimum absolute atomic E-state index is 0.110. The highest BCUT2D eigenvalue weighted by atomic mass is 79.9. The highest BCUT2D eigenvalue weighted by Crippen LogP contribution is 2.27. The summed E-state index contributed by atoms with van der Waals surface area (Å²) in [5.74, 6) is -0.633. The second kappa shape index (κ2) is 8.34. The first-order valence-electron chi connectivity index (χ1n) is 8.98. The van der Waals surface area contributed by atoms with E-state index >= 15 is 0 Å². The van der Waals surface area contributed by atoms with Crippen LogP contribution in [0.1, 0.15) is 12.0 Å². The van der Waals surface area contributed by atoms with Crippen LogP contribution >= 0.6 is 27.5 Å². The molecule has 1 aliphatic heterocycles. The van der Waals surface area contributed by atoms with E-state index in [1.807, 2.05) is 24.3 Å². The predicted octanol–water partition coefficient (Wildman–Crippen LogP) is 3.73. The summed E-state index contributed by atoms with van der Waals surface area (Å²) in [5, 5.41) is 7.55. The number of amides is 2. The molecule has 29 heavy (non-hydrogen) atoms. The predicted molar refractivity (Wildman–Crippen MR) is 114 cm³/mol. The number of rotatable bonds is 5. The highest BCUT2D eigenvalue weighted by Gasteiger charge is 2.35. The Labute approximate surface area is 180 Å². The van der Waals surface area contributed by atoms with E-state index in [9.17, 15) is 9.59 Å². The molecule has 0 aliphatic carbocycles. The van der Waals surface area contributed by atoms with Crippen molar-refractivity contribution < 1.29 is 9.59 Å². The van der Waals surface area contributed by atoms with Crippen molar-refractivity contribution in [3.8, 4) is 0 Å². The van der Waals surface area contributed by atoms with Crippen LogP contribution in [0.5, 0.6) is 0 Å². The number of hydrogen-bond acceptors (Lipinski definition) is 4. The standard InChI is InChI=1S/C20H17BrClN5O2/c21-15-6-4-13(5-7-15)10-26-12-23-20(25-26)24-19(29)14-8-18(28)27(11-14)17-3-1-2-16(22)9-17/h1-7,9,12,14H,8,10-11H2,(H,24,25,29). The number of nitrogens with zero attached hydrogens (tertiary/aromatic N) is 4. The van der Waals surface area contributed by atoms with Crippen molar-refractivity contribution in [1.82, 2.24) is 14.8 Å². The van der Waals surface area contributed by atoms with Crippen molar-refractivity contribution in [2.24, 2.45) is 5.92 Å². The third-order valence-corrected chi connectivity index (χ3v) is 5.41. The molecule has 1 aliphatic rings. The molecule has 2 amide bonds. The third kappa shape index (κ3) is 4.65. The maximum absolute atomic E-state index is 12.6. The zero-order valence-electron chi connectivity index (χ0n) is 15.3. The average Bonchev–Trinajstić information content (AvgIpc) is 3.30. The van der Waals surface area contributed by atoms with Gasteiger partial charge >= 0.3 is 0 Å². The Morgan fingerprint density at radius 2 is 2.03 bits per heavy atom. The third-order valence-electron chi connectivity index (χ3n) is 4.65. The molecular formula is C20H17BrClN5O2. The first kappa shape index (κ1) is 19.6. The van der Waals surface area contributed by atoms with Gasteiger partial charge in [-0.25, -0.2) is 9.67 Å². The lowest BCUT2D eigenvalue weighted by Crippen LogP contribution is -2.28. The summed E-state index contributed by atoms with van der Waals surface area (Å²) in [7, 11) is 0. The molecule has 3 aromatic rings. The number of carbonyl (C=O) groups excluding carboxylic acids is 2. The van der Waals surface area contributed by atoms with Crippen molar-refractivity contribution in [1.29, 1.82) is 0 Å². The maximum Gasteiger partial charge on any atom is 0.248 e. The summed E-state index contributed by atoms with van der Waals surface area (Å²) in [6, 6.07) is 14.9. The zero-order chi connectivity index (χ0) is 20.4. The molecule has 7 nitrogen and oxygen atoms in total. The van der Waals surface area contributed by atoms with Crippen molar-refractivity contribution >= 4 is 51.0 Å². The number of carbonyl (C=O) groups is 2. The van der Waals surface area contributed by atoms with Gasteiger partial charge in [0.15, 0.2) is 0 Å². The number of aromatic nitrogens is 3. The first-order valence-corrected chi connectivity index (χ1v) is 10.2. The highest BCUT2D eigenvalue weighted by molar-refractivity contribution is 9.10. The fraction of sp³-hybridized carbons (Fsp3) is 0.200. The molecule has 148 valence electrons. The van der Waals surface area contributed by atoms with E-state index in [-0.39, 0.29) is 24.2 Å².